The first-order valence-electron chi connectivity index (χ1n) is 9.91. The number of methoxy groups -OCH3 is 2. The molecular weight excluding hydrogens is 402 g/mol. The average molecular weight is 428 g/mol. The lowest BCUT2D eigenvalue weighted by molar-refractivity contribution is 0.0629. The highest BCUT2D eigenvalue weighted by Gasteiger charge is 2.25. The SMILES string of the molecule is COc1ccc(OC)c(-c2cc(C(=O)N3CCN(CCc4cccs4)CC3)no2)c1. The van der Waals surface area contributed by atoms with Crippen molar-refractivity contribution in [3.05, 3.63) is 52.3 Å². The number of carbonyl (C=O) groups is 1. The molecule has 0 bridgehead atoms. The molecule has 1 aliphatic heterocycles. The predicted molar refractivity (Wildman–Crippen MR) is 115 cm³/mol. The Labute approximate surface area is 179 Å². The third kappa shape index (κ3) is 4.49. The summed E-state index contributed by atoms with van der Waals surface area (Å²) < 4.78 is 16.1. The fourth-order valence-electron chi connectivity index (χ4n) is 3.57. The van der Waals surface area contributed by atoms with E-state index in [1.54, 1.807) is 43.8 Å². The van der Waals surface area contributed by atoms with Gasteiger partial charge in [-0.2, -0.15) is 0 Å². The molecule has 3 aromatic rings. The van der Waals surface area contributed by atoms with Crippen molar-refractivity contribution in [1.29, 1.82) is 0 Å². The van der Waals surface area contributed by atoms with E-state index < -0.39 is 0 Å². The molecule has 0 spiro atoms. The summed E-state index contributed by atoms with van der Waals surface area (Å²) in [4.78, 5) is 18.5. The molecule has 1 aliphatic rings. The number of nitrogens with zero attached hydrogens (tertiary/aromatic N) is 3. The standard InChI is InChI=1S/C22H25N3O4S/c1-27-16-5-6-20(28-2)18(14-16)21-15-19(23-29-21)22(26)25-11-9-24(10-12-25)8-7-17-4-3-13-30-17/h3-6,13-15H,7-12H2,1-2H3. The predicted octanol–water partition coefficient (Wildman–Crippen LogP) is 3.42. The van der Waals surface area contributed by atoms with Gasteiger partial charge in [-0.3, -0.25) is 9.69 Å². The van der Waals surface area contributed by atoms with Gasteiger partial charge in [-0.05, 0) is 36.1 Å². The molecule has 1 fully saturated rings. The molecule has 1 amide bonds. The third-order valence-corrected chi connectivity index (χ3v) is 6.25. The first-order chi connectivity index (χ1) is 14.7. The van der Waals surface area contributed by atoms with Crippen molar-refractivity contribution in [1.82, 2.24) is 15.0 Å². The van der Waals surface area contributed by atoms with Crippen LogP contribution in [0.5, 0.6) is 11.5 Å². The van der Waals surface area contributed by atoms with E-state index in [9.17, 15) is 4.79 Å². The zero-order valence-corrected chi connectivity index (χ0v) is 18.0. The lowest BCUT2D eigenvalue weighted by Gasteiger charge is -2.34. The molecule has 158 valence electrons. The van der Waals surface area contributed by atoms with Gasteiger partial charge in [-0.15, -0.1) is 11.3 Å². The molecule has 0 N–H and O–H groups in total. The minimum atomic E-state index is -0.107. The Hall–Kier alpha value is -2.84. The van der Waals surface area contributed by atoms with Crippen molar-refractivity contribution in [2.45, 2.75) is 6.42 Å². The molecule has 0 atom stereocenters. The van der Waals surface area contributed by atoms with Crippen LogP contribution in [0.1, 0.15) is 15.4 Å². The maximum atomic E-state index is 12.9. The monoisotopic (exact) mass is 427 g/mol. The minimum Gasteiger partial charge on any atom is -0.497 e. The van der Waals surface area contributed by atoms with Crippen LogP contribution in [-0.2, 0) is 6.42 Å². The van der Waals surface area contributed by atoms with E-state index in [4.69, 9.17) is 14.0 Å². The summed E-state index contributed by atoms with van der Waals surface area (Å²) >= 11 is 1.79. The van der Waals surface area contributed by atoms with Gasteiger partial charge in [0, 0.05) is 43.7 Å². The van der Waals surface area contributed by atoms with Crippen LogP contribution in [0.4, 0.5) is 0 Å². The molecule has 8 heteroatoms. The summed E-state index contributed by atoms with van der Waals surface area (Å²) in [5.74, 6) is 1.67. The second-order valence-electron chi connectivity index (χ2n) is 7.11. The summed E-state index contributed by atoms with van der Waals surface area (Å²) in [6.45, 7) is 4.13. The largest absolute Gasteiger partial charge is 0.497 e. The molecule has 1 aromatic carbocycles. The lowest BCUT2D eigenvalue weighted by atomic mass is 10.1. The van der Waals surface area contributed by atoms with E-state index in [0.29, 0.717) is 41.6 Å². The van der Waals surface area contributed by atoms with Crippen LogP contribution in [0.3, 0.4) is 0 Å². The van der Waals surface area contributed by atoms with Crippen LogP contribution >= 0.6 is 11.3 Å². The van der Waals surface area contributed by atoms with Crippen molar-refractivity contribution in [3.8, 4) is 22.8 Å². The smallest absolute Gasteiger partial charge is 0.276 e. The van der Waals surface area contributed by atoms with Gasteiger partial charge < -0.3 is 18.9 Å². The number of aromatic nitrogens is 1. The number of benzene rings is 1. The first-order valence-corrected chi connectivity index (χ1v) is 10.8. The highest BCUT2D eigenvalue weighted by atomic mass is 32.1. The van der Waals surface area contributed by atoms with Crippen LogP contribution in [-0.4, -0.2) is 67.8 Å². The van der Waals surface area contributed by atoms with Gasteiger partial charge in [0.15, 0.2) is 11.5 Å². The van der Waals surface area contributed by atoms with Crippen LogP contribution in [0.15, 0.2) is 46.3 Å². The maximum absolute atomic E-state index is 12.9. The number of hydrogen-bond acceptors (Lipinski definition) is 7. The van der Waals surface area contributed by atoms with Gasteiger partial charge in [0.05, 0.1) is 19.8 Å². The van der Waals surface area contributed by atoms with Crippen molar-refractivity contribution in [3.63, 3.8) is 0 Å². The number of thiophene rings is 1. The number of amides is 1. The maximum Gasteiger partial charge on any atom is 0.276 e. The Morgan fingerprint density at radius 1 is 1.13 bits per heavy atom. The molecule has 7 nitrogen and oxygen atoms in total. The lowest BCUT2D eigenvalue weighted by Crippen LogP contribution is -2.49. The normalized spacial score (nSPS) is 14.7. The molecule has 0 saturated carbocycles. The Kier molecular flexibility index (Phi) is 6.35. The second kappa shape index (κ2) is 9.32. The molecule has 30 heavy (non-hydrogen) atoms. The van der Waals surface area contributed by atoms with Crippen LogP contribution in [0, 0.1) is 0 Å². The van der Waals surface area contributed by atoms with E-state index in [1.807, 2.05) is 11.0 Å². The molecule has 2 aromatic heterocycles. The van der Waals surface area contributed by atoms with Crippen LogP contribution < -0.4 is 9.47 Å². The van der Waals surface area contributed by atoms with Crippen molar-refractivity contribution >= 4 is 17.2 Å². The van der Waals surface area contributed by atoms with Crippen LogP contribution in [0.2, 0.25) is 0 Å². The zero-order chi connectivity index (χ0) is 20.9. The molecular formula is C22H25N3O4S. The average Bonchev–Trinajstić information content (AvgIpc) is 3.49. The second-order valence-corrected chi connectivity index (χ2v) is 8.14. The number of rotatable bonds is 7. The number of hydrogen-bond donors (Lipinski definition) is 0. The van der Waals surface area contributed by atoms with Gasteiger partial charge in [-0.25, -0.2) is 0 Å². The Morgan fingerprint density at radius 2 is 1.97 bits per heavy atom. The fourth-order valence-corrected chi connectivity index (χ4v) is 4.27. The molecule has 1 saturated heterocycles. The van der Waals surface area contributed by atoms with E-state index in [0.717, 1.165) is 26.1 Å². The summed E-state index contributed by atoms with van der Waals surface area (Å²) in [7, 11) is 3.19. The molecule has 0 radical (unpaired) electrons. The van der Waals surface area contributed by atoms with E-state index >= 15 is 0 Å². The number of carbonyl (C=O) groups excluding carboxylic acids is 1. The first kappa shape index (κ1) is 20.4. The minimum absolute atomic E-state index is 0.107. The van der Waals surface area contributed by atoms with Gasteiger partial charge >= 0.3 is 0 Å². The summed E-state index contributed by atoms with van der Waals surface area (Å²) in [6, 6.07) is 11.3. The van der Waals surface area contributed by atoms with Gasteiger partial charge in [0.1, 0.15) is 11.5 Å². The van der Waals surface area contributed by atoms with Crippen molar-refractivity contribution in [2.24, 2.45) is 0 Å². The van der Waals surface area contributed by atoms with E-state index in [1.165, 1.54) is 4.88 Å². The number of piperazine rings is 1. The molecule has 0 unspecified atom stereocenters. The van der Waals surface area contributed by atoms with E-state index in [2.05, 4.69) is 27.6 Å². The van der Waals surface area contributed by atoms with Crippen LogP contribution in [0.25, 0.3) is 11.3 Å². The van der Waals surface area contributed by atoms with E-state index in [-0.39, 0.29) is 5.91 Å². The molecule has 4 rings (SSSR count). The van der Waals surface area contributed by atoms with Gasteiger partial charge in [0.2, 0.25) is 0 Å². The summed E-state index contributed by atoms with van der Waals surface area (Å²) in [6.07, 6.45) is 1.06. The quantitative estimate of drug-likeness (QED) is 0.576. The third-order valence-electron chi connectivity index (χ3n) is 5.32. The Balaban J connectivity index is 1.38. The van der Waals surface area contributed by atoms with Gasteiger partial charge in [0.25, 0.3) is 5.91 Å². The Morgan fingerprint density at radius 3 is 2.67 bits per heavy atom. The highest BCUT2D eigenvalue weighted by molar-refractivity contribution is 7.09. The van der Waals surface area contributed by atoms with Crippen molar-refractivity contribution in [2.75, 3.05) is 46.9 Å². The summed E-state index contributed by atoms with van der Waals surface area (Å²) in [5, 5.41) is 6.12. The van der Waals surface area contributed by atoms with Crippen molar-refractivity contribution < 1.29 is 18.8 Å². The summed E-state index contributed by atoms with van der Waals surface area (Å²) in [5.41, 5.74) is 1.00. The number of ether oxygens (including phenoxy) is 2. The fraction of sp³-hybridized carbons (Fsp3) is 0.364. The zero-order valence-electron chi connectivity index (χ0n) is 17.2. The Bertz CT molecular complexity index is 978. The topological polar surface area (TPSA) is 68.0 Å². The molecule has 3 heterocycles. The van der Waals surface area contributed by atoms with Gasteiger partial charge in [-0.1, -0.05) is 11.2 Å². The molecule has 0 aliphatic carbocycles. The highest BCUT2D eigenvalue weighted by Crippen LogP contribution is 2.34.